The van der Waals surface area contributed by atoms with Gasteiger partial charge in [-0.05, 0) is 61.1 Å². The summed E-state index contributed by atoms with van der Waals surface area (Å²) < 4.78 is 13.6. The number of likely N-dealkylation sites (tertiary alicyclic amines) is 1. The maximum Gasteiger partial charge on any atom is 0.247 e. The molecule has 3 heterocycles. The first-order chi connectivity index (χ1) is 17.0. The fourth-order valence-electron chi connectivity index (χ4n) is 6.33. The number of piperidine rings is 1. The fraction of sp³-hybridized carbons (Fsp3) is 0.444. The van der Waals surface area contributed by atoms with Gasteiger partial charge in [-0.3, -0.25) is 19.5 Å². The Balaban J connectivity index is 1.05. The number of carbonyl (C=O) groups excluding carboxylic acids is 2. The van der Waals surface area contributed by atoms with Crippen molar-refractivity contribution in [3.63, 3.8) is 0 Å². The Morgan fingerprint density at radius 2 is 1.97 bits per heavy atom. The van der Waals surface area contributed by atoms with E-state index >= 15 is 0 Å². The molecule has 4 aliphatic rings. The number of nitrogens with one attached hydrogen (secondary N) is 2. The number of amides is 2. The van der Waals surface area contributed by atoms with Crippen LogP contribution in [0.25, 0.3) is 0 Å². The number of rotatable bonds is 3. The molecule has 0 aromatic heterocycles. The highest BCUT2D eigenvalue weighted by atomic mass is 19.1. The van der Waals surface area contributed by atoms with Crippen molar-refractivity contribution in [2.24, 2.45) is 4.99 Å². The smallest absolute Gasteiger partial charge is 0.247 e. The van der Waals surface area contributed by atoms with Crippen LogP contribution in [0.3, 0.4) is 0 Å². The van der Waals surface area contributed by atoms with Crippen molar-refractivity contribution in [2.45, 2.75) is 49.6 Å². The summed E-state index contributed by atoms with van der Waals surface area (Å²) in [5, 5.41) is 6.05. The summed E-state index contributed by atoms with van der Waals surface area (Å²) in [5.41, 5.74) is 2.72. The summed E-state index contributed by atoms with van der Waals surface area (Å²) >= 11 is 0. The minimum absolute atomic E-state index is 0.0616. The number of aliphatic imine (C=N–C) groups is 1. The molecule has 2 amide bonds. The first-order valence-corrected chi connectivity index (χ1v) is 12.5. The Kier molecular flexibility index (Phi) is 5.56. The number of hydrogen-bond acceptors (Lipinski definition) is 5. The Labute approximate surface area is 204 Å². The van der Waals surface area contributed by atoms with Crippen LogP contribution >= 0.6 is 0 Å². The number of para-hydroxylation sites is 1. The summed E-state index contributed by atoms with van der Waals surface area (Å²) in [6.45, 7) is 2.17. The number of carbonyl (C=O) groups is 2. The molecule has 2 saturated heterocycles. The van der Waals surface area contributed by atoms with E-state index in [-0.39, 0.29) is 29.6 Å². The molecule has 2 aromatic carbocycles. The molecular formula is C27H30FN5O2. The van der Waals surface area contributed by atoms with E-state index in [2.05, 4.69) is 20.4 Å². The van der Waals surface area contributed by atoms with Gasteiger partial charge in [-0.2, -0.15) is 0 Å². The van der Waals surface area contributed by atoms with Gasteiger partial charge in [0.15, 0.2) is 0 Å². The number of benzene rings is 2. The number of halogens is 1. The highest BCUT2D eigenvalue weighted by Crippen LogP contribution is 2.40. The molecule has 1 aliphatic carbocycles. The first-order valence-electron chi connectivity index (χ1n) is 12.5. The molecule has 2 atom stereocenters. The summed E-state index contributed by atoms with van der Waals surface area (Å²) in [7, 11) is 0. The van der Waals surface area contributed by atoms with E-state index < -0.39 is 5.54 Å². The molecule has 35 heavy (non-hydrogen) atoms. The Hall–Kier alpha value is -3.26. The van der Waals surface area contributed by atoms with Crippen LogP contribution in [0.1, 0.15) is 42.7 Å². The van der Waals surface area contributed by atoms with Crippen LogP contribution in [0, 0.1) is 5.82 Å². The summed E-state index contributed by atoms with van der Waals surface area (Å²) in [5.74, 6) is 0.775. The highest BCUT2D eigenvalue weighted by molar-refractivity contribution is 6.00. The third-order valence-electron chi connectivity index (χ3n) is 8.15. The first kappa shape index (κ1) is 22.2. The maximum absolute atomic E-state index is 13.6. The lowest BCUT2D eigenvalue weighted by Crippen LogP contribution is -2.57. The van der Waals surface area contributed by atoms with Crippen LogP contribution in [0.5, 0.6) is 0 Å². The second-order valence-corrected chi connectivity index (χ2v) is 10.1. The molecule has 182 valence electrons. The van der Waals surface area contributed by atoms with Crippen molar-refractivity contribution in [3.8, 4) is 0 Å². The van der Waals surface area contributed by atoms with Crippen molar-refractivity contribution in [1.82, 2.24) is 15.5 Å². The Morgan fingerprint density at radius 1 is 1.17 bits per heavy atom. The lowest BCUT2D eigenvalue weighted by Gasteiger charge is -2.43. The maximum atomic E-state index is 13.6. The van der Waals surface area contributed by atoms with Crippen LogP contribution in [0.15, 0.2) is 53.5 Å². The zero-order valence-electron chi connectivity index (χ0n) is 19.7. The van der Waals surface area contributed by atoms with Crippen LogP contribution in [0.2, 0.25) is 0 Å². The molecule has 2 fully saturated rings. The quantitative estimate of drug-likeness (QED) is 0.716. The molecule has 8 heteroatoms. The van der Waals surface area contributed by atoms with E-state index in [0.29, 0.717) is 45.6 Å². The van der Waals surface area contributed by atoms with E-state index in [0.717, 1.165) is 35.5 Å². The standard InChI is InChI=1S/C27H30FN5O2/c28-19-7-8-21-18(14-19)6-9-23-22(21)15-24(30-23)31-25(34)16-32-12-10-27(11-13-32)26(35)29-17-33(27)20-4-2-1-3-5-20/h1-5,7-8,14,22-23H,6,9-13,15-17H2,(H,29,35)(H,30,31,34)/t22-,23+/m0/s1. The van der Waals surface area contributed by atoms with Gasteiger partial charge in [-0.15, -0.1) is 0 Å². The number of hydrogen-bond donors (Lipinski definition) is 2. The van der Waals surface area contributed by atoms with E-state index in [1.807, 2.05) is 36.4 Å². The predicted molar refractivity (Wildman–Crippen MR) is 132 cm³/mol. The van der Waals surface area contributed by atoms with E-state index in [9.17, 15) is 14.0 Å². The third-order valence-corrected chi connectivity index (χ3v) is 8.15. The molecule has 0 saturated carbocycles. The lowest BCUT2D eigenvalue weighted by molar-refractivity contribution is -0.125. The second kappa shape index (κ2) is 8.75. The van der Waals surface area contributed by atoms with Gasteiger partial charge in [0.25, 0.3) is 0 Å². The SMILES string of the molecule is O=C(CN1CCC2(CC1)C(=O)NCN2c1ccccc1)NC1=N[C@@H]2CCc3cc(F)ccc3[C@@H]2C1. The summed E-state index contributed by atoms with van der Waals surface area (Å²) in [6.07, 6.45) is 3.75. The minimum Gasteiger partial charge on any atom is -0.339 e. The van der Waals surface area contributed by atoms with Gasteiger partial charge < -0.3 is 15.5 Å². The van der Waals surface area contributed by atoms with Gasteiger partial charge >= 0.3 is 0 Å². The molecule has 7 nitrogen and oxygen atoms in total. The van der Waals surface area contributed by atoms with Gasteiger partial charge in [0.1, 0.15) is 17.2 Å². The number of aryl methyl sites for hydroxylation is 1. The van der Waals surface area contributed by atoms with Crippen LogP contribution < -0.4 is 15.5 Å². The van der Waals surface area contributed by atoms with Crippen LogP contribution in [-0.4, -0.2) is 60.4 Å². The van der Waals surface area contributed by atoms with Gasteiger partial charge in [0, 0.05) is 31.1 Å². The summed E-state index contributed by atoms with van der Waals surface area (Å²) in [6, 6.07) is 15.2. The van der Waals surface area contributed by atoms with Gasteiger partial charge in [0.05, 0.1) is 19.3 Å². The van der Waals surface area contributed by atoms with Crippen molar-refractivity contribution in [3.05, 3.63) is 65.5 Å². The lowest BCUT2D eigenvalue weighted by atomic mass is 9.79. The molecule has 2 N–H and O–H groups in total. The number of nitrogens with zero attached hydrogens (tertiary/aromatic N) is 3. The molecule has 0 unspecified atom stereocenters. The average Bonchev–Trinajstić information content (AvgIpc) is 3.41. The number of amidine groups is 1. The Bertz CT molecular complexity index is 1180. The number of anilines is 1. The molecular weight excluding hydrogens is 445 g/mol. The molecule has 0 bridgehead atoms. The van der Waals surface area contributed by atoms with Gasteiger partial charge in [-0.1, -0.05) is 24.3 Å². The zero-order valence-corrected chi connectivity index (χ0v) is 19.7. The monoisotopic (exact) mass is 475 g/mol. The average molecular weight is 476 g/mol. The van der Waals surface area contributed by atoms with E-state index in [4.69, 9.17) is 4.99 Å². The Morgan fingerprint density at radius 3 is 2.77 bits per heavy atom. The van der Waals surface area contributed by atoms with Crippen LogP contribution in [-0.2, 0) is 16.0 Å². The minimum atomic E-state index is -0.549. The zero-order chi connectivity index (χ0) is 24.0. The second-order valence-electron chi connectivity index (χ2n) is 10.1. The molecule has 0 radical (unpaired) electrons. The molecule has 3 aliphatic heterocycles. The van der Waals surface area contributed by atoms with E-state index in [1.54, 1.807) is 6.07 Å². The van der Waals surface area contributed by atoms with Crippen molar-refractivity contribution in [2.75, 3.05) is 31.2 Å². The van der Waals surface area contributed by atoms with Crippen molar-refractivity contribution < 1.29 is 14.0 Å². The largest absolute Gasteiger partial charge is 0.339 e. The fourth-order valence-corrected chi connectivity index (χ4v) is 6.33. The van der Waals surface area contributed by atoms with E-state index in [1.165, 1.54) is 6.07 Å². The van der Waals surface area contributed by atoms with Gasteiger partial charge in [-0.25, -0.2) is 4.39 Å². The van der Waals surface area contributed by atoms with Crippen molar-refractivity contribution >= 4 is 23.3 Å². The van der Waals surface area contributed by atoms with Crippen LogP contribution in [0.4, 0.5) is 10.1 Å². The van der Waals surface area contributed by atoms with Crippen molar-refractivity contribution in [1.29, 1.82) is 0 Å². The highest BCUT2D eigenvalue weighted by Gasteiger charge is 2.50. The third kappa shape index (κ3) is 3.99. The normalized spacial score (nSPS) is 25.1. The molecule has 1 spiro atoms. The van der Waals surface area contributed by atoms with Gasteiger partial charge in [0.2, 0.25) is 11.8 Å². The molecule has 2 aromatic rings. The topological polar surface area (TPSA) is 77.0 Å². The number of fused-ring (bicyclic) bond motifs is 3. The predicted octanol–water partition coefficient (Wildman–Crippen LogP) is 2.57. The summed E-state index contributed by atoms with van der Waals surface area (Å²) in [4.78, 5) is 34.8. The molecule has 6 rings (SSSR count).